The van der Waals surface area contributed by atoms with Gasteiger partial charge in [-0.05, 0) is 19.4 Å². The molecule has 1 atom stereocenters. The number of methoxy groups -OCH3 is 1. The summed E-state index contributed by atoms with van der Waals surface area (Å²) in [4.78, 5) is 13.9. The standard InChI is InChI=1S/C16H26N2O2/c1-5-6-7-14(17)16(19)18(3)11-13-10-12(2)8-9-15(13)20-4/h8-10,14H,5-7,11,17H2,1-4H3. The molecule has 0 aliphatic carbocycles. The number of aryl methyl sites for hydroxylation is 1. The minimum atomic E-state index is -0.407. The van der Waals surface area contributed by atoms with E-state index in [4.69, 9.17) is 10.5 Å². The van der Waals surface area contributed by atoms with Crippen LogP contribution in [-0.2, 0) is 11.3 Å². The van der Waals surface area contributed by atoms with Crippen LogP contribution in [0.25, 0.3) is 0 Å². The fourth-order valence-electron chi connectivity index (χ4n) is 2.19. The maximum Gasteiger partial charge on any atom is 0.239 e. The Hall–Kier alpha value is -1.55. The van der Waals surface area contributed by atoms with Crippen LogP contribution in [0.2, 0.25) is 0 Å². The van der Waals surface area contributed by atoms with Crippen molar-refractivity contribution in [3.05, 3.63) is 29.3 Å². The topological polar surface area (TPSA) is 55.6 Å². The molecule has 1 aromatic rings. The van der Waals surface area contributed by atoms with Gasteiger partial charge in [-0.1, -0.05) is 37.5 Å². The molecule has 0 heterocycles. The second-order valence-corrected chi connectivity index (χ2v) is 5.26. The fraction of sp³-hybridized carbons (Fsp3) is 0.562. The molecule has 1 aromatic carbocycles. The van der Waals surface area contributed by atoms with E-state index in [1.807, 2.05) is 25.1 Å². The van der Waals surface area contributed by atoms with Gasteiger partial charge in [0.25, 0.3) is 0 Å². The normalized spacial score (nSPS) is 12.1. The van der Waals surface area contributed by atoms with E-state index in [-0.39, 0.29) is 5.91 Å². The average molecular weight is 278 g/mol. The molecule has 4 nitrogen and oxygen atoms in total. The lowest BCUT2D eigenvalue weighted by Gasteiger charge is -2.22. The number of likely N-dealkylation sites (N-methyl/N-ethyl adjacent to an activating group) is 1. The molecular weight excluding hydrogens is 252 g/mol. The second-order valence-electron chi connectivity index (χ2n) is 5.26. The molecule has 0 spiro atoms. The van der Waals surface area contributed by atoms with Crippen molar-refractivity contribution < 1.29 is 9.53 Å². The van der Waals surface area contributed by atoms with E-state index in [0.717, 1.165) is 36.1 Å². The summed E-state index contributed by atoms with van der Waals surface area (Å²) >= 11 is 0. The van der Waals surface area contributed by atoms with Crippen LogP contribution in [0, 0.1) is 6.92 Å². The highest BCUT2D eigenvalue weighted by Crippen LogP contribution is 2.21. The van der Waals surface area contributed by atoms with Crippen LogP contribution in [0.5, 0.6) is 5.75 Å². The molecule has 1 amide bonds. The van der Waals surface area contributed by atoms with Crippen LogP contribution >= 0.6 is 0 Å². The first-order valence-electron chi connectivity index (χ1n) is 7.13. The number of hydrogen-bond donors (Lipinski definition) is 1. The SMILES string of the molecule is CCCCC(N)C(=O)N(C)Cc1cc(C)ccc1OC. The summed E-state index contributed by atoms with van der Waals surface area (Å²) in [7, 11) is 3.43. The highest BCUT2D eigenvalue weighted by Gasteiger charge is 2.18. The maximum absolute atomic E-state index is 12.2. The number of amides is 1. The number of carbonyl (C=O) groups excluding carboxylic acids is 1. The van der Waals surface area contributed by atoms with Crippen LogP contribution in [0.3, 0.4) is 0 Å². The second kappa shape index (κ2) is 7.90. The third kappa shape index (κ3) is 4.53. The highest BCUT2D eigenvalue weighted by molar-refractivity contribution is 5.81. The zero-order chi connectivity index (χ0) is 15.1. The Kier molecular flexibility index (Phi) is 6.52. The van der Waals surface area contributed by atoms with E-state index in [2.05, 4.69) is 6.92 Å². The molecule has 2 N–H and O–H groups in total. The van der Waals surface area contributed by atoms with Gasteiger partial charge in [-0.25, -0.2) is 0 Å². The summed E-state index contributed by atoms with van der Waals surface area (Å²) < 4.78 is 5.34. The van der Waals surface area contributed by atoms with Crippen molar-refractivity contribution in [1.29, 1.82) is 0 Å². The predicted octanol–water partition coefficient (Wildman–Crippen LogP) is 2.48. The molecule has 1 rings (SSSR count). The Bertz CT molecular complexity index is 446. The van der Waals surface area contributed by atoms with Gasteiger partial charge in [0.1, 0.15) is 5.75 Å². The van der Waals surface area contributed by atoms with Gasteiger partial charge in [-0.15, -0.1) is 0 Å². The van der Waals surface area contributed by atoms with E-state index in [1.165, 1.54) is 0 Å². The Morgan fingerprint density at radius 2 is 2.15 bits per heavy atom. The van der Waals surface area contributed by atoms with Crippen molar-refractivity contribution in [2.24, 2.45) is 5.73 Å². The van der Waals surface area contributed by atoms with E-state index in [1.54, 1.807) is 19.1 Å². The minimum absolute atomic E-state index is 0.0120. The Balaban J connectivity index is 2.72. The van der Waals surface area contributed by atoms with Crippen molar-refractivity contribution in [1.82, 2.24) is 4.90 Å². The van der Waals surface area contributed by atoms with E-state index >= 15 is 0 Å². The number of hydrogen-bond acceptors (Lipinski definition) is 3. The summed E-state index contributed by atoms with van der Waals surface area (Å²) in [6.45, 7) is 4.64. The largest absolute Gasteiger partial charge is 0.496 e. The first kappa shape index (κ1) is 16.5. The molecule has 0 aliphatic heterocycles. The lowest BCUT2D eigenvalue weighted by molar-refractivity contribution is -0.132. The first-order chi connectivity index (χ1) is 9.49. The number of nitrogens with two attached hydrogens (primary N) is 1. The highest BCUT2D eigenvalue weighted by atomic mass is 16.5. The van der Waals surface area contributed by atoms with Gasteiger partial charge in [0.2, 0.25) is 5.91 Å². The molecule has 112 valence electrons. The molecule has 0 aliphatic rings. The van der Waals surface area contributed by atoms with Gasteiger partial charge < -0.3 is 15.4 Å². The molecule has 1 unspecified atom stereocenters. The number of carbonyl (C=O) groups is 1. The van der Waals surface area contributed by atoms with E-state index in [9.17, 15) is 4.79 Å². The van der Waals surface area contributed by atoms with E-state index in [0.29, 0.717) is 6.54 Å². The molecule has 0 bridgehead atoms. The van der Waals surface area contributed by atoms with Crippen LogP contribution in [0.1, 0.15) is 37.3 Å². The minimum Gasteiger partial charge on any atom is -0.496 e. The summed E-state index contributed by atoms with van der Waals surface area (Å²) in [5, 5.41) is 0. The molecule has 0 saturated carbocycles. The summed E-state index contributed by atoms with van der Waals surface area (Å²) in [5.41, 5.74) is 8.09. The van der Waals surface area contributed by atoms with Gasteiger partial charge in [0.15, 0.2) is 0 Å². The fourth-order valence-corrected chi connectivity index (χ4v) is 2.19. The maximum atomic E-state index is 12.2. The molecule has 20 heavy (non-hydrogen) atoms. The molecule has 0 aromatic heterocycles. The quantitative estimate of drug-likeness (QED) is 0.833. The molecular formula is C16H26N2O2. The number of nitrogens with zero attached hydrogens (tertiary/aromatic N) is 1. The average Bonchev–Trinajstić information content (AvgIpc) is 2.44. The van der Waals surface area contributed by atoms with E-state index < -0.39 is 6.04 Å². The van der Waals surface area contributed by atoms with Gasteiger partial charge in [0.05, 0.1) is 13.2 Å². The molecule has 0 fully saturated rings. The Morgan fingerprint density at radius 1 is 1.45 bits per heavy atom. The molecule has 0 saturated heterocycles. The number of benzene rings is 1. The van der Waals surface area contributed by atoms with Crippen molar-refractivity contribution >= 4 is 5.91 Å². The van der Waals surface area contributed by atoms with Gasteiger partial charge in [0, 0.05) is 19.2 Å². The third-order valence-electron chi connectivity index (χ3n) is 3.41. The predicted molar refractivity (Wildman–Crippen MR) is 81.7 cm³/mol. The zero-order valence-corrected chi connectivity index (χ0v) is 13.0. The summed E-state index contributed by atoms with van der Waals surface area (Å²) in [6, 6.07) is 5.56. The first-order valence-corrected chi connectivity index (χ1v) is 7.13. The van der Waals surface area contributed by atoms with Gasteiger partial charge in [-0.3, -0.25) is 4.79 Å². The van der Waals surface area contributed by atoms with Crippen molar-refractivity contribution in [2.45, 2.75) is 45.7 Å². The van der Waals surface area contributed by atoms with Crippen LogP contribution < -0.4 is 10.5 Å². The Labute approximate surface area is 121 Å². The third-order valence-corrected chi connectivity index (χ3v) is 3.41. The monoisotopic (exact) mass is 278 g/mol. The van der Waals surface area contributed by atoms with Crippen LogP contribution in [-0.4, -0.2) is 31.0 Å². The van der Waals surface area contributed by atoms with Crippen LogP contribution in [0.15, 0.2) is 18.2 Å². The van der Waals surface area contributed by atoms with Gasteiger partial charge in [-0.2, -0.15) is 0 Å². The number of ether oxygens (including phenoxy) is 1. The van der Waals surface area contributed by atoms with Crippen molar-refractivity contribution in [2.75, 3.05) is 14.2 Å². The van der Waals surface area contributed by atoms with Crippen molar-refractivity contribution in [3.63, 3.8) is 0 Å². The lowest BCUT2D eigenvalue weighted by atomic mass is 10.1. The Morgan fingerprint density at radius 3 is 2.75 bits per heavy atom. The summed E-state index contributed by atoms with van der Waals surface area (Å²) in [5.74, 6) is 0.791. The number of unbranched alkanes of at least 4 members (excludes halogenated alkanes) is 1. The summed E-state index contributed by atoms with van der Waals surface area (Å²) in [6.07, 6.45) is 2.77. The molecule has 4 heteroatoms. The lowest BCUT2D eigenvalue weighted by Crippen LogP contribution is -2.41. The van der Waals surface area contributed by atoms with Crippen LogP contribution in [0.4, 0.5) is 0 Å². The smallest absolute Gasteiger partial charge is 0.239 e. The molecule has 0 radical (unpaired) electrons. The van der Waals surface area contributed by atoms with Gasteiger partial charge >= 0.3 is 0 Å². The number of rotatable bonds is 7. The van der Waals surface area contributed by atoms with Crippen molar-refractivity contribution in [3.8, 4) is 5.75 Å². The zero-order valence-electron chi connectivity index (χ0n) is 13.0.